The van der Waals surface area contributed by atoms with Crippen molar-refractivity contribution in [3.8, 4) is 0 Å². The van der Waals surface area contributed by atoms with Crippen molar-refractivity contribution in [2.45, 2.75) is 38.9 Å². The van der Waals surface area contributed by atoms with Crippen molar-refractivity contribution in [3.63, 3.8) is 0 Å². The van der Waals surface area contributed by atoms with Crippen LogP contribution in [-0.2, 0) is 19.6 Å². The molecule has 24 heavy (non-hydrogen) atoms. The molecule has 0 unspecified atom stereocenters. The van der Waals surface area contributed by atoms with Gasteiger partial charge in [0.05, 0.1) is 11.7 Å². The zero-order valence-electron chi connectivity index (χ0n) is 13.7. The average molecular weight is 359 g/mol. The Kier molecular flexibility index (Phi) is 5.18. The van der Waals surface area contributed by atoms with Crippen LogP contribution < -0.4 is 5.32 Å². The van der Waals surface area contributed by atoms with Gasteiger partial charge in [-0.2, -0.15) is 8.75 Å². The van der Waals surface area contributed by atoms with Gasteiger partial charge in [-0.3, -0.25) is 4.90 Å². The Hall–Kier alpha value is -1.34. The Labute approximate surface area is 150 Å². The van der Waals surface area contributed by atoms with Crippen molar-refractivity contribution in [3.05, 3.63) is 45.6 Å². The van der Waals surface area contributed by atoms with Gasteiger partial charge >= 0.3 is 0 Å². The van der Waals surface area contributed by atoms with Crippen LogP contribution in [0, 0.1) is 0 Å². The fourth-order valence-electron chi connectivity index (χ4n) is 3.25. The fourth-order valence-corrected chi connectivity index (χ4v) is 4.61. The van der Waals surface area contributed by atoms with Gasteiger partial charge in [0.15, 0.2) is 0 Å². The number of fused-ring (bicyclic) bond motifs is 1. The molecule has 1 N–H and O–H groups in total. The predicted octanol–water partition coefficient (Wildman–Crippen LogP) is 4.03. The van der Waals surface area contributed by atoms with Crippen LogP contribution in [0.4, 0.5) is 0 Å². The lowest BCUT2D eigenvalue weighted by atomic mass is 10.1. The molecule has 0 bridgehead atoms. The first kappa shape index (κ1) is 16.1. The molecular weight excluding hydrogens is 336 g/mol. The molecule has 1 aliphatic rings. The van der Waals surface area contributed by atoms with Crippen LogP contribution in [0.1, 0.15) is 35.3 Å². The highest BCUT2D eigenvalue weighted by molar-refractivity contribution is 7.10. The van der Waals surface area contributed by atoms with Crippen molar-refractivity contribution in [1.82, 2.24) is 19.0 Å². The molecule has 0 aliphatic carbocycles. The molecule has 4 rings (SSSR count). The summed E-state index contributed by atoms with van der Waals surface area (Å²) in [7, 11) is 0. The zero-order valence-corrected chi connectivity index (χ0v) is 15.3. The Morgan fingerprint density at radius 2 is 1.83 bits per heavy atom. The first-order valence-electron chi connectivity index (χ1n) is 8.57. The molecule has 1 aromatic carbocycles. The van der Waals surface area contributed by atoms with E-state index < -0.39 is 0 Å². The molecule has 0 atom stereocenters. The second-order valence-corrected chi connectivity index (χ2v) is 7.97. The summed E-state index contributed by atoms with van der Waals surface area (Å²) in [5.74, 6) is 0. The minimum atomic E-state index is 0.868. The van der Waals surface area contributed by atoms with Gasteiger partial charge < -0.3 is 5.32 Å². The molecule has 4 nitrogen and oxygen atoms in total. The summed E-state index contributed by atoms with van der Waals surface area (Å²) in [4.78, 5) is 4.00. The van der Waals surface area contributed by atoms with Crippen LogP contribution in [-0.4, -0.2) is 26.7 Å². The molecule has 6 heteroatoms. The number of nitrogens with zero attached hydrogens (tertiary/aromatic N) is 3. The maximum absolute atomic E-state index is 4.30. The second kappa shape index (κ2) is 7.70. The Morgan fingerprint density at radius 1 is 0.958 bits per heavy atom. The lowest BCUT2D eigenvalue weighted by Gasteiger charge is -2.25. The minimum absolute atomic E-state index is 0.868. The average Bonchev–Trinajstić information content (AvgIpc) is 3.25. The number of likely N-dealkylation sites (tertiary alicyclic amines) is 1. The Morgan fingerprint density at radius 3 is 2.75 bits per heavy atom. The molecule has 1 aliphatic heterocycles. The summed E-state index contributed by atoms with van der Waals surface area (Å²) in [6.07, 6.45) is 4.12. The number of aromatic nitrogens is 2. The number of thiophene rings is 1. The SMILES string of the molecule is c1cc2nsnc2cc1CNCc1cc(CN2CCCCC2)cs1. The lowest BCUT2D eigenvalue weighted by Crippen LogP contribution is -2.28. The van der Waals surface area contributed by atoms with Gasteiger partial charge in [0, 0.05) is 24.5 Å². The first-order chi connectivity index (χ1) is 11.9. The summed E-state index contributed by atoms with van der Waals surface area (Å²) in [5.41, 5.74) is 4.72. The molecule has 3 aromatic rings. The van der Waals surface area contributed by atoms with Crippen LogP contribution in [0.3, 0.4) is 0 Å². The first-order valence-corrected chi connectivity index (χ1v) is 10.2. The molecule has 0 saturated carbocycles. The van der Waals surface area contributed by atoms with E-state index >= 15 is 0 Å². The predicted molar refractivity (Wildman–Crippen MR) is 101 cm³/mol. The van der Waals surface area contributed by atoms with E-state index in [2.05, 4.69) is 48.6 Å². The van der Waals surface area contributed by atoms with Crippen LogP contribution >= 0.6 is 23.1 Å². The number of hydrogen-bond donors (Lipinski definition) is 1. The van der Waals surface area contributed by atoms with Crippen molar-refractivity contribution in [1.29, 1.82) is 0 Å². The summed E-state index contributed by atoms with van der Waals surface area (Å²) in [6, 6.07) is 8.67. The largest absolute Gasteiger partial charge is 0.308 e. The van der Waals surface area contributed by atoms with E-state index in [1.807, 2.05) is 11.3 Å². The van der Waals surface area contributed by atoms with E-state index in [0.29, 0.717) is 0 Å². The van der Waals surface area contributed by atoms with E-state index in [1.54, 1.807) is 0 Å². The Balaban J connectivity index is 1.28. The van der Waals surface area contributed by atoms with E-state index in [0.717, 1.165) is 30.7 Å². The number of nitrogens with one attached hydrogen (secondary N) is 1. The third-order valence-corrected chi connectivity index (χ3v) is 6.05. The molecule has 1 fully saturated rings. The molecule has 2 aromatic heterocycles. The molecule has 3 heterocycles. The Bertz CT molecular complexity index is 789. The van der Waals surface area contributed by atoms with Crippen LogP contribution in [0.25, 0.3) is 11.0 Å². The highest BCUT2D eigenvalue weighted by atomic mass is 32.1. The topological polar surface area (TPSA) is 41.1 Å². The van der Waals surface area contributed by atoms with Gasteiger partial charge in [0.2, 0.25) is 0 Å². The van der Waals surface area contributed by atoms with Gasteiger partial charge in [-0.25, -0.2) is 0 Å². The molecule has 0 radical (unpaired) electrons. The van der Waals surface area contributed by atoms with Crippen LogP contribution in [0.5, 0.6) is 0 Å². The number of benzene rings is 1. The van der Waals surface area contributed by atoms with E-state index in [1.165, 1.54) is 60.1 Å². The molecular formula is C18H22N4S2. The molecule has 126 valence electrons. The zero-order chi connectivity index (χ0) is 16.2. The minimum Gasteiger partial charge on any atom is -0.308 e. The number of rotatable bonds is 6. The summed E-state index contributed by atoms with van der Waals surface area (Å²) in [5, 5.41) is 5.86. The van der Waals surface area contributed by atoms with Gasteiger partial charge in [-0.15, -0.1) is 11.3 Å². The van der Waals surface area contributed by atoms with Crippen molar-refractivity contribution >= 4 is 34.1 Å². The number of hydrogen-bond acceptors (Lipinski definition) is 6. The maximum Gasteiger partial charge on any atom is 0.105 e. The highest BCUT2D eigenvalue weighted by Gasteiger charge is 2.11. The number of piperidine rings is 1. The summed E-state index contributed by atoms with van der Waals surface area (Å²) in [6.45, 7) is 5.43. The lowest BCUT2D eigenvalue weighted by molar-refractivity contribution is 0.221. The van der Waals surface area contributed by atoms with E-state index in [4.69, 9.17) is 0 Å². The highest BCUT2D eigenvalue weighted by Crippen LogP contribution is 2.19. The van der Waals surface area contributed by atoms with Gasteiger partial charge in [0.25, 0.3) is 0 Å². The molecule has 0 amide bonds. The molecule has 0 spiro atoms. The van der Waals surface area contributed by atoms with Crippen molar-refractivity contribution in [2.75, 3.05) is 13.1 Å². The third kappa shape index (κ3) is 4.00. The fraction of sp³-hybridized carbons (Fsp3) is 0.444. The second-order valence-electron chi connectivity index (χ2n) is 6.45. The summed E-state index contributed by atoms with van der Waals surface area (Å²) >= 11 is 3.14. The van der Waals surface area contributed by atoms with Gasteiger partial charge in [0.1, 0.15) is 11.0 Å². The molecule has 1 saturated heterocycles. The standard InChI is InChI=1S/C18H22N4S2/c1-2-6-22(7-3-1)12-15-8-16(23-13-15)11-19-10-14-4-5-17-18(9-14)21-24-20-17/h4-5,8-9,13,19H,1-3,6-7,10-12H2. The van der Waals surface area contributed by atoms with Crippen molar-refractivity contribution < 1.29 is 0 Å². The third-order valence-electron chi connectivity index (χ3n) is 4.51. The monoisotopic (exact) mass is 358 g/mol. The quantitative estimate of drug-likeness (QED) is 0.722. The van der Waals surface area contributed by atoms with E-state index in [-0.39, 0.29) is 0 Å². The van der Waals surface area contributed by atoms with Gasteiger partial charge in [-0.1, -0.05) is 12.5 Å². The normalized spacial score (nSPS) is 16.0. The maximum atomic E-state index is 4.30. The summed E-state index contributed by atoms with van der Waals surface area (Å²) < 4.78 is 8.55. The van der Waals surface area contributed by atoms with Crippen LogP contribution in [0.2, 0.25) is 0 Å². The smallest absolute Gasteiger partial charge is 0.105 e. The van der Waals surface area contributed by atoms with Crippen molar-refractivity contribution in [2.24, 2.45) is 0 Å². The van der Waals surface area contributed by atoms with Gasteiger partial charge in [-0.05, 0) is 60.6 Å². The van der Waals surface area contributed by atoms with E-state index in [9.17, 15) is 0 Å². The van der Waals surface area contributed by atoms with Crippen LogP contribution in [0.15, 0.2) is 29.6 Å².